The maximum atomic E-state index is 11.4. The van der Waals surface area contributed by atoms with Crippen LogP contribution >= 0.6 is 0 Å². The van der Waals surface area contributed by atoms with Crippen LogP contribution in [0.4, 0.5) is 0 Å². The van der Waals surface area contributed by atoms with Crippen LogP contribution in [0.25, 0.3) is 0 Å². The zero-order valence-corrected chi connectivity index (χ0v) is 10.0. The second-order valence-electron chi connectivity index (χ2n) is 4.51. The van der Waals surface area contributed by atoms with Gasteiger partial charge in [-0.1, -0.05) is 6.92 Å². The van der Waals surface area contributed by atoms with Gasteiger partial charge in [-0.25, -0.2) is 4.79 Å². The van der Waals surface area contributed by atoms with Crippen LogP contribution in [0.1, 0.15) is 26.2 Å². The van der Waals surface area contributed by atoms with Crippen molar-refractivity contribution in [1.29, 1.82) is 0 Å². The van der Waals surface area contributed by atoms with Gasteiger partial charge < -0.3 is 20.9 Å². The highest BCUT2D eigenvalue weighted by atomic mass is 16.5. The lowest BCUT2D eigenvalue weighted by Crippen LogP contribution is -2.34. The molecule has 0 aromatic rings. The predicted octanol–water partition coefficient (Wildman–Crippen LogP) is -0.280. The van der Waals surface area contributed by atoms with Gasteiger partial charge >= 0.3 is 5.97 Å². The summed E-state index contributed by atoms with van der Waals surface area (Å²) in [5.41, 5.74) is 5.42. The SMILES string of the molecule is CC(CN)CC(=O)NCC1CCC(C(=O)O)O1. The average molecular weight is 244 g/mol. The van der Waals surface area contributed by atoms with Crippen molar-refractivity contribution in [3.05, 3.63) is 0 Å². The van der Waals surface area contributed by atoms with Gasteiger partial charge in [-0.15, -0.1) is 0 Å². The zero-order chi connectivity index (χ0) is 12.8. The first-order valence-electron chi connectivity index (χ1n) is 5.88. The Balaban J connectivity index is 2.19. The summed E-state index contributed by atoms with van der Waals surface area (Å²) in [6.07, 6.45) is 0.665. The molecule has 0 radical (unpaired) electrons. The number of ether oxygens (including phenoxy) is 1. The van der Waals surface area contributed by atoms with Crippen LogP contribution in [0.3, 0.4) is 0 Å². The highest BCUT2D eigenvalue weighted by Gasteiger charge is 2.30. The molecule has 1 amide bonds. The lowest BCUT2D eigenvalue weighted by molar-refractivity contribution is -0.149. The molecule has 1 heterocycles. The lowest BCUT2D eigenvalue weighted by atomic mass is 10.1. The number of hydrogen-bond donors (Lipinski definition) is 3. The first-order chi connectivity index (χ1) is 8.02. The molecule has 6 heteroatoms. The Labute approximate surface area is 101 Å². The van der Waals surface area contributed by atoms with Gasteiger partial charge in [0.15, 0.2) is 6.10 Å². The van der Waals surface area contributed by atoms with Crippen molar-refractivity contribution in [2.75, 3.05) is 13.1 Å². The Morgan fingerprint density at radius 2 is 2.24 bits per heavy atom. The number of nitrogens with one attached hydrogen (secondary N) is 1. The average Bonchev–Trinajstić information content (AvgIpc) is 2.75. The minimum absolute atomic E-state index is 0.0645. The topological polar surface area (TPSA) is 102 Å². The highest BCUT2D eigenvalue weighted by molar-refractivity contribution is 5.76. The fourth-order valence-electron chi connectivity index (χ4n) is 1.74. The number of hydrogen-bond acceptors (Lipinski definition) is 4. The van der Waals surface area contributed by atoms with Crippen LogP contribution in [0.2, 0.25) is 0 Å². The van der Waals surface area contributed by atoms with Crippen LogP contribution in [-0.2, 0) is 14.3 Å². The largest absolute Gasteiger partial charge is 0.479 e. The van der Waals surface area contributed by atoms with Crippen LogP contribution in [0.15, 0.2) is 0 Å². The number of rotatable bonds is 6. The first-order valence-corrected chi connectivity index (χ1v) is 5.88. The van der Waals surface area contributed by atoms with Crippen molar-refractivity contribution < 1.29 is 19.4 Å². The second-order valence-corrected chi connectivity index (χ2v) is 4.51. The molecular weight excluding hydrogens is 224 g/mol. The Hall–Kier alpha value is -1.14. The zero-order valence-electron chi connectivity index (χ0n) is 10.0. The lowest BCUT2D eigenvalue weighted by Gasteiger charge is -2.13. The van der Waals surface area contributed by atoms with Gasteiger partial charge in [0.1, 0.15) is 0 Å². The summed E-state index contributed by atoms with van der Waals surface area (Å²) in [5.74, 6) is -0.841. The van der Waals surface area contributed by atoms with Crippen molar-refractivity contribution >= 4 is 11.9 Å². The van der Waals surface area contributed by atoms with E-state index in [1.54, 1.807) is 0 Å². The normalized spacial score (nSPS) is 25.5. The molecular formula is C11H20N2O4. The van der Waals surface area contributed by atoms with Gasteiger partial charge in [0.25, 0.3) is 0 Å². The van der Waals surface area contributed by atoms with Crippen molar-refractivity contribution in [2.45, 2.75) is 38.4 Å². The van der Waals surface area contributed by atoms with Crippen LogP contribution in [0.5, 0.6) is 0 Å². The number of nitrogens with two attached hydrogens (primary N) is 1. The maximum Gasteiger partial charge on any atom is 0.332 e. The number of aliphatic carboxylic acids is 1. The summed E-state index contributed by atoms with van der Waals surface area (Å²) in [7, 11) is 0. The van der Waals surface area contributed by atoms with E-state index in [0.29, 0.717) is 32.4 Å². The fourth-order valence-corrected chi connectivity index (χ4v) is 1.74. The molecule has 1 saturated heterocycles. The van der Waals surface area contributed by atoms with Crippen molar-refractivity contribution in [3.63, 3.8) is 0 Å². The van der Waals surface area contributed by atoms with Crippen LogP contribution < -0.4 is 11.1 Å². The number of amides is 1. The molecule has 1 aliphatic heterocycles. The summed E-state index contributed by atoms with van der Waals surface area (Å²) in [5, 5.41) is 11.5. The summed E-state index contributed by atoms with van der Waals surface area (Å²) in [4.78, 5) is 22.1. The molecule has 98 valence electrons. The third kappa shape index (κ3) is 4.70. The van der Waals surface area contributed by atoms with E-state index in [4.69, 9.17) is 15.6 Å². The van der Waals surface area contributed by atoms with E-state index in [2.05, 4.69) is 5.32 Å². The number of carboxylic acids is 1. The molecule has 4 N–H and O–H groups in total. The maximum absolute atomic E-state index is 11.4. The molecule has 1 rings (SSSR count). The standard InChI is InChI=1S/C11H20N2O4/c1-7(5-12)4-10(14)13-6-8-2-3-9(17-8)11(15)16/h7-9H,2-6,12H2,1H3,(H,13,14)(H,15,16). The molecule has 6 nitrogen and oxygen atoms in total. The fraction of sp³-hybridized carbons (Fsp3) is 0.818. The smallest absolute Gasteiger partial charge is 0.332 e. The molecule has 0 saturated carbocycles. The first kappa shape index (κ1) is 13.9. The van der Waals surface area contributed by atoms with Gasteiger partial charge in [0.2, 0.25) is 5.91 Å². The second kappa shape index (κ2) is 6.56. The molecule has 1 fully saturated rings. The van der Waals surface area contributed by atoms with E-state index >= 15 is 0 Å². The van der Waals surface area contributed by atoms with Gasteiger partial charge in [-0.2, -0.15) is 0 Å². The van der Waals surface area contributed by atoms with Crippen molar-refractivity contribution in [3.8, 4) is 0 Å². The van der Waals surface area contributed by atoms with Crippen LogP contribution in [0, 0.1) is 5.92 Å². The molecule has 0 spiro atoms. The molecule has 17 heavy (non-hydrogen) atoms. The molecule has 0 aliphatic carbocycles. The quantitative estimate of drug-likeness (QED) is 0.596. The summed E-state index contributed by atoms with van der Waals surface area (Å²) >= 11 is 0. The van der Waals surface area contributed by atoms with E-state index in [9.17, 15) is 9.59 Å². The van der Waals surface area contributed by atoms with Crippen LogP contribution in [-0.4, -0.2) is 42.3 Å². The van der Waals surface area contributed by atoms with Gasteiger partial charge in [0.05, 0.1) is 6.10 Å². The summed E-state index contributed by atoms with van der Waals surface area (Å²) in [6.45, 7) is 2.76. The molecule has 0 aromatic heterocycles. The minimum Gasteiger partial charge on any atom is -0.479 e. The third-order valence-corrected chi connectivity index (χ3v) is 2.85. The Morgan fingerprint density at radius 1 is 1.53 bits per heavy atom. The monoisotopic (exact) mass is 244 g/mol. The Bertz CT molecular complexity index is 283. The van der Waals surface area contributed by atoms with E-state index in [-0.39, 0.29) is 17.9 Å². The predicted molar refractivity (Wildman–Crippen MR) is 61.4 cm³/mol. The third-order valence-electron chi connectivity index (χ3n) is 2.85. The highest BCUT2D eigenvalue weighted by Crippen LogP contribution is 2.19. The van der Waals surface area contributed by atoms with E-state index in [1.807, 2.05) is 6.92 Å². The number of carbonyl (C=O) groups excluding carboxylic acids is 1. The molecule has 3 atom stereocenters. The molecule has 3 unspecified atom stereocenters. The van der Waals surface area contributed by atoms with Crippen molar-refractivity contribution in [1.82, 2.24) is 5.32 Å². The molecule has 0 bridgehead atoms. The van der Waals surface area contributed by atoms with Gasteiger partial charge in [-0.3, -0.25) is 4.79 Å². The Morgan fingerprint density at radius 3 is 2.76 bits per heavy atom. The minimum atomic E-state index is -0.935. The van der Waals surface area contributed by atoms with Crippen molar-refractivity contribution in [2.24, 2.45) is 11.7 Å². The Kier molecular flexibility index (Phi) is 5.37. The van der Waals surface area contributed by atoms with E-state index < -0.39 is 12.1 Å². The number of carbonyl (C=O) groups is 2. The molecule has 1 aliphatic rings. The summed E-state index contributed by atoms with van der Waals surface area (Å²) in [6, 6.07) is 0. The van der Waals surface area contributed by atoms with Gasteiger partial charge in [-0.05, 0) is 25.3 Å². The number of carboxylic acid groups (broad SMARTS) is 1. The van der Waals surface area contributed by atoms with E-state index in [0.717, 1.165) is 0 Å². The summed E-state index contributed by atoms with van der Waals surface area (Å²) < 4.78 is 5.27. The van der Waals surface area contributed by atoms with E-state index in [1.165, 1.54) is 0 Å². The van der Waals surface area contributed by atoms with Gasteiger partial charge in [0, 0.05) is 13.0 Å². The molecule has 0 aromatic carbocycles.